The van der Waals surface area contributed by atoms with E-state index in [9.17, 15) is 9.59 Å². The van der Waals surface area contributed by atoms with Crippen molar-refractivity contribution in [3.05, 3.63) is 102 Å². The molecule has 8 nitrogen and oxygen atoms in total. The largest absolute Gasteiger partial charge is 0.493 e. The standard InChI is InChI=1S/C30H26N2O6S/c1-35-24-14-8-20(16-26(24)36-2)29(33)31-21-9-12-23(13-10-21)39-28(19-6-4-3-5-7-19)30(34)32-22-11-15-25-27(17-22)38-18-37-25/h3-17,28H,18H2,1-2H3,(H,31,33)(H,32,34). The van der Waals surface area contributed by atoms with Crippen molar-refractivity contribution >= 4 is 35.0 Å². The number of benzene rings is 4. The van der Waals surface area contributed by atoms with E-state index >= 15 is 0 Å². The summed E-state index contributed by atoms with van der Waals surface area (Å²) in [5.74, 6) is 1.83. The van der Waals surface area contributed by atoms with Crippen LogP contribution in [0.15, 0.2) is 95.9 Å². The average molecular weight is 543 g/mol. The van der Waals surface area contributed by atoms with Crippen LogP contribution in [0.4, 0.5) is 11.4 Å². The summed E-state index contributed by atoms with van der Waals surface area (Å²) >= 11 is 1.42. The lowest BCUT2D eigenvalue weighted by Gasteiger charge is -2.17. The minimum atomic E-state index is -0.510. The highest BCUT2D eigenvalue weighted by Gasteiger charge is 2.23. The Kier molecular flexibility index (Phi) is 7.88. The van der Waals surface area contributed by atoms with Crippen LogP contribution < -0.4 is 29.6 Å². The van der Waals surface area contributed by atoms with Gasteiger partial charge in [-0.25, -0.2) is 0 Å². The second-order valence-electron chi connectivity index (χ2n) is 8.51. The molecule has 2 N–H and O–H groups in total. The molecule has 0 saturated carbocycles. The highest BCUT2D eigenvalue weighted by molar-refractivity contribution is 8.00. The fourth-order valence-corrected chi connectivity index (χ4v) is 5.04. The monoisotopic (exact) mass is 542 g/mol. The Balaban J connectivity index is 1.29. The van der Waals surface area contributed by atoms with E-state index < -0.39 is 5.25 Å². The normalized spacial score (nSPS) is 12.4. The number of methoxy groups -OCH3 is 2. The van der Waals surface area contributed by atoms with Gasteiger partial charge < -0.3 is 29.6 Å². The first-order chi connectivity index (χ1) is 19.0. The number of anilines is 2. The van der Waals surface area contributed by atoms with E-state index in [0.29, 0.717) is 39.9 Å². The maximum Gasteiger partial charge on any atom is 0.255 e. The zero-order valence-electron chi connectivity index (χ0n) is 21.3. The summed E-state index contributed by atoms with van der Waals surface area (Å²) in [6.07, 6.45) is 0. The summed E-state index contributed by atoms with van der Waals surface area (Å²) in [5.41, 5.74) is 2.56. The van der Waals surface area contributed by atoms with Gasteiger partial charge in [0.25, 0.3) is 5.91 Å². The molecule has 0 aromatic heterocycles. The third kappa shape index (κ3) is 6.10. The third-order valence-electron chi connectivity index (χ3n) is 5.99. The van der Waals surface area contributed by atoms with Crippen molar-refractivity contribution in [1.29, 1.82) is 0 Å². The van der Waals surface area contributed by atoms with Crippen LogP contribution in [0, 0.1) is 0 Å². The summed E-state index contributed by atoms with van der Waals surface area (Å²) in [5, 5.41) is 5.37. The Bertz CT molecular complexity index is 1480. The Morgan fingerprint density at radius 1 is 0.769 bits per heavy atom. The number of nitrogens with one attached hydrogen (secondary N) is 2. The van der Waals surface area contributed by atoms with Crippen molar-refractivity contribution in [2.45, 2.75) is 10.1 Å². The molecule has 4 aromatic rings. The number of hydrogen-bond donors (Lipinski definition) is 2. The number of rotatable bonds is 9. The van der Waals surface area contributed by atoms with Crippen LogP contribution >= 0.6 is 11.8 Å². The second kappa shape index (κ2) is 11.8. The molecule has 0 aliphatic carbocycles. The van der Waals surface area contributed by atoms with Gasteiger partial charge in [0.2, 0.25) is 12.7 Å². The van der Waals surface area contributed by atoms with Crippen molar-refractivity contribution in [3.63, 3.8) is 0 Å². The van der Waals surface area contributed by atoms with Gasteiger partial charge in [-0.05, 0) is 60.2 Å². The summed E-state index contributed by atoms with van der Waals surface area (Å²) in [4.78, 5) is 27.1. The van der Waals surface area contributed by atoms with E-state index in [4.69, 9.17) is 18.9 Å². The van der Waals surface area contributed by atoms with Gasteiger partial charge in [0.05, 0.1) is 14.2 Å². The summed E-state index contributed by atoms with van der Waals surface area (Å²) in [6.45, 7) is 0.167. The lowest BCUT2D eigenvalue weighted by Crippen LogP contribution is -2.19. The van der Waals surface area contributed by atoms with Crippen molar-refractivity contribution in [1.82, 2.24) is 0 Å². The van der Waals surface area contributed by atoms with Crippen LogP contribution in [-0.2, 0) is 4.79 Å². The molecule has 9 heteroatoms. The molecule has 1 aliphatic rings. The lowest BCUT2D eigenvalue weighted by atomic mass is 10.1. The molecule has 0 radical (unpaired) electrons. The van der Waals surface area contributed by atoms with Gasteiger partial charge in [-0.15, -0.1) is 11.8 Å². The van der Waals surface area contributed by atoms with Crippen LogP contribution in [0.1, 0.15) is 21.2 Å². The molecule has 39 heavy (non-hydrogen) atoms. The molecular formula is C30H26N2O6S. The van der Waals surface area contributed by atoms with E-state index in [1.165, 1.54) is 18.9 Å². The number of carbonyl (C=O) groups is 2. The first-order valence-corrected chi connectivity index (χ1v) is 13.0. The molecule has 1 unspecified atom stereocenters. The first-order valence-electron chi connectivity index (χ1n) is 12.1. The van der Waals surface area contributed by atoms with Crippen LogP contribution in [-0.4, -0.2) is 32.8 Å². The maximum absolute atomic E-state index is 13.4. The minimum absolute atomic E-state index is 0.167. The van der Waals surface area contributed by atoms with Gasteiger partial charge in [-0.3, -0.25) is 9.59 Å². The zero-order chi connectivity index (χ0) is 27.2. The fraction of sp³-hybridized carbons (Fsp3) is 0.133. The Hall–Kier alpha value is -4.63. The summed E-state index contributed by atoms with van der Waals surface area (Å²) in [7, 11) is 3.06. The highest BCUT2D eigenvalue weighted by Crippen LogP contribution is 2.38. The molecule has 0 saturated heterocycles. The van der Waals surface area contributed by atoms with E-state index in [-0.39, 0.29) is 18.6 Å². The van der Waals surface area contributed by atoms with Crippen molar-refractivity contribution in [3.8, 4) is 23.0 Å². The molecule has 1 heterocycles. The van der Waals surface area contributed by atoms with Crippen molar-refractivity contribution < 1.29 is 28.5 Å². The molecule has 1 aliphatic heterocycles. The Labute approximate surface area is 230 Å². The molecular weight excluding hydrogens is 516 g/mol. The lowest BCUT2D eigenvalue weighted by molar-refractivity contribution is -0.115. The average Bonchev–Trinajstić information content (AvgIpc) is 3.44. The van der Waals surface area contributed by atoms with Crippen LogP contribution in [0.3, 0.4) is 0 Å². The number of ether oxygens (including phenoxy) is 4. The van der Waals surface area contributed by atoms with Gasteiger partial charge in [-0.2, -0.15) is 0 Å². The van der Waals surface area contributed by atoms with Crippen molar-refractivity contribution in [2.24, 2.45) is 0 Å². The third-order valence-corrected chi connectivity index (χ3v) is 7.26. The predicted octanol–water partition coefficient (Wildman–Crippen LogP) is 6.16. The van der Waals surface area contributed by atoms with Gasteiger partial charge in [0, 0.05) is 27.9 Å². The van der Waals surface area contributed by atoms with Crippen LogP contribution in [0.5, 0.6) is 23.0 Å². The van der Waals surface area contributed by atoms with Gasteiger partial charge in [-0.1, -0.05) is 30.3 Å². The molecule has 198 valence electrons. The molecule has 4 aromatic carbocycles. The van der Waals surface area contributed by atoms with Crippen LogP contribution in [0.25, 0.3) is 0 Å². The van der Waals surface area contributed by atoms with Gasteiger partial charge in [0.15, 0.2) is 23.0 Å². The number of carbonyl (C=O) groups excluding carboxylic acids is 2. The van der Waals surface area contributed by atoms with E-state index in [2.05, 4.69) is 10.6 Å². The maximum atomic E-state index is 13.4. The smallest absolute Gasteiger partial charge is 0.255 e. The number of hydrogen-bond acceptors (Lipinski definition) is 7. The summed E-state index contributed by atoms with van der Waals surface area (Å²) in [6, 6.07) is 27.2. The molecule has 0 spiro atoms. The summed E-state index contributed by atoms with van der Waals surface area (Å²) < 4.78 is 21.3. The molecule has 0 bridgehead atoms. The van der Waals surface area contributed by atoms with Crippen molar-refractivity contribution in [2.75, 3.05) is 31.6 Å². The number of fused-ring (bicyclic) bond motifs is 1. The van der Waals surface area contributed by atoms with E-state index in [1.807, 2.05) is 42.5 Å². The number of thioether (sulfide) groups is 1. The minimum Gasteiger partial charge on any atom is -0.493 e. The Morgan fingerprint density at radius 2 is 1.49 bits per heavy atom. The zero-order valence-corrected chi connectivity index (χ0v) is 22.1. The molecule has 2 amide bonds. The fourth-order valence-electron chi connectivity index (χ4n) is 4.02. The first kappa shape index (κ1) is 26.0. The SMILES string of the molecule is COc1ccc(C(=O)Nc2ccc(SC(C(=O)Nc3ccc4c(c3)OCO4)c3ccccc3)cc2)cc1OC. The quantitative estimate of drug-likeness (QED) is 0.245. The second-order valence-corrected chi connectivity index (χ2v) is 9.69. The van der Waals surface area contributed by atoms with E-state index in [1.54, 1.807) is 55.6 Å². The Morgan fingerprint density at radius 3 is 2.23 bits per heavy atom. The highest BCUT2D eigenvalue weighted by atomic mass is 32.2. The van der Waals surface area contributed by atoms with Crippen LogP contribution in [0.2, 0.25) is 0 Å². The molecule has 5 rings (SSSR count). The predicted molar refractivity (Wildman–Crippen MR) is 150 cm³/mol. The van der Waals surface area contributed by atoms with E-state index in [0.717, 1.165) is 10.5 Å². The van der Waals surface area contributed by atoms with Gasteiger partial charge >= 0.3 is 0 Å². The topological polar surface area (TPSA) is 95.1 Å². The van der Waals surface area contributed by atoms with Gasteiger partial charge in [0.1, 0.15) is 5.25 Å². The molecule has 0 fully saturated rings. The number of amides is 2. The molecule has 1 atom stereocenters.